The summed E-state index contributed by atoms with van der Waals surface area (Å²) in [7, 11) is 0. The van der Waals surface area contributed by atoms with E-state index < -0.39 is 41.0 Å². The summed E-state index contributed by atoms with van der Waals surface area (Å²) in [4.78, 5) is 24.5. The van der Waals surface area contributed by atoms with Crippen LogP contribution in [0.1, 0.15) is 64.7 Å². The summed E-state index contributed by atoms with van der Waals surface area (Å²) in [6.07, 6.45) is 2.61. The van der Waals surface area contributed by atoms with Gasteiger partial charge >= 0.3 is 23.8 Å². The van der Waals surface area contributed by atoms with Gasteiger partial charge in [-0.05, 0) is 63.2 Å². The summed E-state index contributed by atoms with van der Waals surface area (Å²) in [5.41, 5.74) is -1.64. The number of carboxylic acids is 1. The SMILES string of the molecule is CC(F)(F)C(F)(F)CCCCOC(=O)C12CC3CC(CC(C(=O)O)(C3)C1)C2. The summed E-state index contributed by atoms with van der Waals surface area (Å²) < 4.78 is 57.3. The number of carbonyl (C=O) groups is 2. The summed E-state index contributed by atoms with van der Waals surface area (Å²) in [5.74, 6) is -9.04. The molecule has 4 rings (SSSR count). The van der Waals surface area contributed by atoms with Crippen molar-refractivity contribution in [1.29, 1.82) is 0 Å². The minimum Gasteiger partial charge on any atom is -0.481 e. The van der Waals surface area contributed by atoms with E-state index in [1.54, 1.807) is 0 Å². The van der Waals surface area contributed by atoms with Crippen molar-refractivity contribution in [1.82, 2.24) is 0 Å². The van der Waals surface area contributed by atoms with Gasteiger partial charge in [0, 0.05) is 13.3 Å². The quantitative estimate of drug-likeness (QED) is 0.369. The molecule has 0 heterocycles. The van der Waals surface area contributed by atoms with Crippen molar-refractivity contribution in [3.8, 4) is 0 Å². The minimum atomic E-state index is -4.08. The van der Waals surface area contributed by atoms with Crippen molar-refractivity contribution in [2.45, 2.75) is 76.6 Å². The van der Waals surface area contributed by atoms with Crippen molar-refractivity contribution in [2.75, 3.05) is 6.61 Å². The largest absolute Gasteiger partial charge is 0.481 e. The molecule has 27 heavy (non-hydrogen) atoms. The van der Waals surface area contributed by atoms with E-state index >= 15 is 0 Å². The molecule has 4 aliphatic carbocycles. The van der Waals surface area contributed by atoms with Crippen LogP contribution in [-0.4, -0.2) is 35.5 Å². The second-order valence-corrected chi connectivity index (χ2v) is 9.01. The number of carboxylic acid groups (broad SMARTS) is 1. The number of esters is 1. The molecule has 4 nitrogen and oxygen atoms in total. The van der Waals surface area contributed by atoms with Crippen LogP contribution in [0.3, 0.4) is 0 Å². The van der Waals surface area contributed by atoms with Crippen LogP contribution in [0.2, 0.25) is 0 Å². The van der Waals surface area contributed by atoms with Crippen LogP contribution in [0.15, 0.2) is 0 Å². The Morgan fingerprint density at radius 2 is 1.59 bits per heavy atom. The molecule has 154 valence electrons. The maximum Gasteiger partial charge on any atom is 0.312 e. The van der Waals surface area contributed by atoms with Crippen LogP contribution in [-0.2, 0) is 14.3 Å². The van der Waals surface area contributed by atoms with Gasteiger partial charge in [-0.1, -0.05) is 0 Å². The molecule has 4 bridgehead atoms. The third kappa shape index (κ3) is 3.68. The Morgan fingerprint density at radius 1 is 1.04 bits per heavy atom. The Labute approximate surface area is 155 Å². The number of aliphatic carboxylic acids is 1. The molecule has 0 aromatic carbocycles. The molecule has 2 unspecified atom stereocenters. The van der Waals surface area contributed by atoms with Crippen LogP contribution in [0.4, 0.5) is 17.6 Å². The van der Waals surface area contributed by atoms with E-state index in [4.69, 9.17) is 4.74 Å². The van der Waals surface area contributed by atoms with E-state index in [0.29, 0.717) is 25.7 Å². The predicted octanol–water partition coefficient (Wildman–Crippen LogP) is 4.66. The van der Waals surface area contributed by atoms with E-state index in [2.05, 4.69) is 0 Å². The molecule has 0 spiro atoms. The monoisotopic (exact) mass is 394 g/mol. The molecule has 0 radical (unpaired) electrons. The number of carbonyl (C=O) groups excluding carboxylic acids is 1. The lowest BCUT2D eigenvalue weighted by atomic mass is 9.44. The number of halogens is 4. The molecule has 8 heteroatoms. The van der Waals surface area contributed by atoms with Crippen molar-refractivity contribution < 1.29 is 37.0 Å². The first-order valence-corrected chi connectivity index (χ1v) is 9.55. The molecule has 2 atom stereocenters. The Morgan fingerprint density at radius 3 is 2.11 bits per heavy atom. The Kier molecular flexibility index (Phi) is 5.00. The van der Waals surface area contributed by atoms with Crippen molar-refractivity contribution in [3.05, 3.63) is 0 Å². The van der Waals surface area contributed by atoms with E-state index in [1.807, 2.05) is 0 Å². The second kappa shape index (κ2) is 6.62. The topological polar surface area (TPSA) is 63.6 Å². The molecule has 0 amide bonds. The molecule has 4 fully saturated rings. The van der Waals surface area contributed by atoms with Crippen LogP contribution >= 0.6 is 0 Å². The zero-order chi connectivity index (χ0) is 20.1. The van der Waals surface area contributed by atoms with Crippen LogP contribution in [0.5, 0.6) is 0 Å². The standard InChI is InChI=1S/C19H26F4O4/c1-16(20,21)19(22,23)4-2-3-5-27-15(26)18-9-12-6-13(10-18)8-17(7-12,11-18)14(24)25/h12-13H,2-11H2,1H3,(H,24,25). The smallest absolute Gasteiger partial charge is 0.312 e. The normalized spacial score (nSPS) is 35.3. The molecule has 4 aliphatic rings. The highest BCUT2D eigenvalue weighted by Gasteiger charge is 2.64. The fourth-order valence-electron chi connectivity index (χ4n) is 5.74. The summed E-state index contributed by atoms with van der Waals surface area (Å²) in [5, 5.41) is 9.68. The number of rotatable bonds is 8. The van der Waals surface area contributed by atoms with Crippen molar-refractivity contribution in [2.24, 2.45) is 22.7 Å². The average molecular weight is 394 g/mol. The maximum atomic E-state index is 13.2. The molecule has 0 aromatic heterocycles. The van der Waals surface area contributed by atoms with Crippen LogP contribution in [0, 0.1) is 22.7 Å². The highest BCUT2D eigenvalue weighted by atomic mass is 19.3. The number of unbranched alkanes of at least 4 members (excludes halogenated alkanes) is 1. The average Bonchev–Trinajstić information content (AvgIpc) is 2.51. The highest BCUT2D eigenvalue weighted by molar-refractivity contribution is 5.82. The first kappa shape index (κ1) is 20.4. The zero-order valence-corrected chi connectivity index (χ0v) is 15.4. The fraction of sp³-hybridized carbons (Fsp3) is 0.895. The van der Waals surface area contributed by atoms with Crippen LogP contribution < -0.4 is 0 Å². The maximum absolute atomic E-state index is 13.2. The van der Waals surface area contributed by atoms with Crippen molar-refractivity contribution in [3.63, 3.8) is 0 Å². The molecule has 0 aliphatic heterocycles. The number of ether oxygens (including phenoxy) is 1. The van der Waals surface area contributed by atoms with Gasteiger partial charge < -0.3 is 9.84 Å². The van der Waals surface area contributed by atoms with E-state index in [-0.39, 0.29) is 44.6 Å². The van der Waals surface area contributed by atoms with Gasteiger partial charge in [0.25, 0.3) is 0 Å². The first-order chi connectivity index (χ1) is 12.4. The van der Waals surface area contributed by atoms with Gasteiger partial charge in [-0.3, -0.25) is 9.59 Å². The van der Waals surface area contributed by atoms with Gasteiger partial charge in [0.15, 0.2) is 0 Å². The minimum absolute atomic E-state index is 0.0738. The Hall–Kier alpha value is -1.34. The molecular formula is C19H26F4O4. The second-order valence-electron chi connectivity index (χ2n) is 9.01. The lowest BCUT2D eigenvalue weighted by Crippen LogP contribution is -2.57. The Balaban J connectivity index is 1.52. The third-order valence-electron chi connectivity index (χ3n) is 6.71. The van der Waals surface area contributed by atoms with Gasteiger partial charge in [0.05, 0.1) is 17.4 Å². The number of alkyl halides is 4. The number of hydrogen-bond donors (Lipinski definition) is 1. The summed E-state index contributed by atoms with van der Waals surface area (Å²) >= 11 is 0. The highest BCUT2D eigenvalue weighted by Crippen LogP contribution is 2.65. The van der Waals surface area contributed by atoms with Gasteiger partial charge in [0.2, 0.25) is 0 Å². The van der Waals surface area contributed by atoms with Gasteiger partial charge in [-0.15, -0.1) is 0 Å². The fourth-order valence-corrected chi connectivity index (χ4v) is 5.74. The third-order valence-corrected chi connectivity index (χ3v) is 6.71. The predicted molar refractivity (Wildman–Crippen MR) is 87.6 cm³/mol. The van der Waals surface area contributed by atoms with E-state index in [1.165, 1.54) is 0 Å². The molecule has 0 aromatic rings. The molecule has 0 saturated heterocycles. The zero-order valence-electron chi connectivity index (χ0n) is 15.4. The molecule has 4 saturated carbocycles. The van der Waals surface area contributed by atoms with Crippen LogP contribution in [0.25, 0.3) is 0 Å². The van der Waals surface area contributed by atoms with Gasteiger partial charge in [-0.2, -0.15) is 8.78 Å². The summed E-state index contributed by atoms with van der Waals surface area (Å²) in [6.45, 7) is 0.0830. The number of hydrogen-bond acceptors (Lipinski definition) is 3. The van der Waals surface area contributed by atoms with E-state index in [9.17, 15) is 32.3 Å². The lowest BCUT2D eigenvalue weighted by Gasteiger charge is -2.59. The van der Waals surface area contributed by atoms with Gasteiger partial charge in [-0.25, -0.2) is 8.78 Å². The van der Waals surface area contributed by atoms with E-state index in [0.717, 1.165) is 6.42 Å². The van der Waals surface area contributed by atoms with Gasteiger partial charge in [0.1, 0.15) is 0 Å². The summed E-state index contributed by atoms with van der Waals surface area (Å²) in [6, 6.07) is 0. The first-order valence-electron chi connectivity index (χ1n) is 9.55. The molecule has 1 N–H and O–H groups in total. The molecular weight excluding hydrogens is 368 g/mol. The van der Waals surface area contributed by atoms with Crippen molar-refractivity contribution >= 4 is 11.9 Å². The lowest BCUT2D eigenvalue weighted by molar-refractivity contribution is -0.202. The Bertz CT molecular complexity index is 599.